The molecular weight excluding hydrogens is 232 g/mol. The van der Waals surface area contributed by atoms with E-state index < -0.39 is 0 Å². The predicted octanol–water partition coefficient (Wildman–Crippen LogP) is 3.71. The molecule has 0 aromatic rings. The van der Waals surface area contributed by atoms with Crippen LogP contribution in [0.5, 0.6) is 0 Å². The summed E-state index contributed by atoms with van der Waals surface area (Å²) in [5, 5.41) is 3.96. The van der Waals surface area contributed by atoms with Gasteiger partial charge in [-0.25, -0.2) is 0 Å². The standard InChI is InChI=1S/C17H32N2/c1-3-16(2)13-18-17(11-7-8-12-17)14-19(16)15-9-5-4-6-10-15/h15,18H,3-14H2,1-2H3. The summed E-state index contributed by atoms with van der Waals surface area (Å²) in [6.45, 7) is 7.41. The van der Waals surface area contributed by atoms with Crippen LogP contribution >= 0.6 is 0 Å². The van der Waals surface area contributed by atoms with Crippen LogP contribution in [0.25, 0.3) is 0 Å². The first kappa shape index (κ1) is 13.9. The summed E-state index contributed by atoms with van der Waals surface area (Å²) in [5.74, 6) is 0. The molecule has 1 spiro atoms. The first-order chi connectivity index (χ1) is 9.18. The van der Waals surface area contributed by atoms with Gasteiger partial charge >= 0.3 is 0 Å². The molecule has 0 aromatic carbocycles. The highest BCUT2D eigenvalue weighted by atomic mass is 15.3. The fraction of sp³-hybridized carbons (Fsp3) is 1.00. The minimum atomic E-state index is 0.399. The fourth-order valence-corrected chi connectivity index (χ4v) is 4.73. The van der Waals surface area contributed by atoms with Gasteiger partial charge in [-0.2, -0.15) is 0 Å². The van der Waals surface area contributed by atoms with Gasteiger partial charge in [0, 0.05) is 30.2 Å². The molecule has 3 aliphatic rings. The summed E-state index contributed by atoms with van der Waals surface area (Å²) in [5.41, 5.74) is 0.877. The average molecular weight is 264 g/mol. The van der Waals surface area contributed by atoms with E-state index in [0.717, 1.165) is 6.04 Å². The van der Waals surface area contributed by atoms with Crippen LogP contribution in [0, 0.1) is 0 Å². The van der Waals surface area contributed by atoms with E-state index in [-0.39, 0.29) is 0 Å². The second-order valence-electron chi connectivity index (χ2n) is 7.61. The van der Waals surface area contributed by atoms with Crippen molar-refractivity contribution in [3.8, 4) is 0 Å². The Morgan fingerprint density at radius 1 is 1.05 bits per heavy atom. The lowest BCUT2D eigenvalue weighted by atomic mass is 9.81. The quantitative estimate of drug-likeness (QED) is 0.818. The molecule has 3 rings (SSSR count). The van der Waals surface area contributed by atoms with Crippen molar-refractivity contribution in [1.29, 1.82) is 0 Å². The van der Waals surface area contributed by atoms with Crippen LogP contribution in [0.4, 0.5) is 0 Å². The number of nitrogens with zero attached hydrogens (tertiary/aromatic N) is 1. The molecule has 0 aromatic heterocycles. The average Bonchev–Trinajstić information content (AvgIpc) is 2.92. The molecule has 2 heteroatoms. The van der Waals surface area contributed by atoms with E-state index in [2.05, 4.69) is 24.1 Å². The van der Waals surface area contributed by atoms with Gasteiger partial charge < -0.3 is 5.32 Å². The van der Waals surface area contributed by atoms with E-state index in [9.17, 15) is 0 Å². The second-order valence-corrected chi connectivity index (χ2v) is 7.61. The van der Waals surface area contributed by atoms with Gasteiger partial charge in [-0.05, 0) is 39.0 Å². The van der Waals surface area contributed by atoms with Crippen molar-refractivity contribution in [1.82, 2.24) is 10.2 Å². The van der Waals surface area contributed by atoms with Crippen LogP contribution in [0.3, 0.4) is 0 Å². The van der Waals surface area contributed by atoms with Gasteiger partial charge in [-0.1, -0.05) is 39.0 Å². The SMILES string of the molecule is CCC1(C)CNC2(CCCC2)CN1C1CCCCC1. The Balaban J connectivity index is 1.77. The van der Waals surface area contributed by atoms with Gasteiger partial charge in [0.1, 0.15) is 0 Å². The zero-order chi connectivity index (χ0) is 13.3. The molecule has 2 nitrogen and oxygen atoms in total. The van der Waals surface area contributed by atoms with Crippen molar-refractivity contribution in [3.63, 3.8) is 0 Å². The van der Waals surface area contributed by atoms with Gasteiger partial charge in [-0.3, -0.25) is 4.90 Å². The third kappa shape index (κ3) is 2.58. The van der Waals surface area contributed by atoms with E-state index in [4.69, 9.17) is 0 Å². The molecule has 19 heavy (non-hydrogen) atoms. The largest absolute Gasteiger partial charge is 0.308 e. The Bertz CT molecular complexity index is 302. The summed E-state index contributed by atoms with van der Waals surface area (Å²) in [6.07, 6.45) is 14.3. The Morgan fingerprint density at radius 2 is 1.74 bits per heavy atom. The maximum atomic E-state index is 3.96. The van der Waals surface area contributed by atoms with Crippen LogP contribution < -0.4 is 5.32 Å². The molecule has 1 atom stereocenters. The summed E-state index contributed by atoms with van der Waals surface area (Å²) in [6, 6.07) is 0.873. The zero-order valence-corrected chi connectivity index (χ0v) is 13.0. The normalized spacial score (nSPS) is 36.9. The van der Waals surface area contributed by atoms with Gasteiger partial charge in [0.2, 0.25) is 0 Å². The monoisotopic (exact) mass is 264 g/mol. The molecule has 1 heterocycles. The van der Waals surface area contributed by atoms with E-state index in [1.54, 1.807) is 0 Å². The van der Waals surface area contributed by atoms with E-state index in [0.29, 0.717) is 11.1 Å². The third-order valence-corrected chi connectivity index (χ3v) is 6.35. The molecule has 0 radical (unpaired) electrons. The molecule has 3 fully saturated rings. The minimum Gasteiger partial charge on any atom is -0.308 e. The van der Waals surface area contributed by atoms with Crippen LogP contribution in [0.1, 0.15) is 78.1 Å². The van der Waals surface area contributed by atoms with E-state index in [1.807, 2.05) is 0 Å². The minimum absolute atomic E-state index is 0.399. The van der Waals surface area contributed by atoms with Crippen LogP contribution in [0.2, 0.25) is 0 Å². The molecule has 0 bridgehead atoms. The molecule has 1 aliphatic heterocycles. The molecule has 2 aliphatic carbocycles. The lowest BCUT2D eigenvalue weighted by molar-refractivity contribution is -0.0291. The van der Waals surface area contributed by atoms with Crippen molar-refractivity contribution in [2.75, 3.05) is 13.1 Å². The van der Waals surface area contributed by atoms with Crippen molar-refractivity contribution in [2.24, 2.45) is 0 Å². The fourth-order valence-electron chi connectivity index (χ4n) is 4.73. The van der Waals surface area contributed by atoms with Crippen LogP contribution in [0.15, 0.2) is 0 Å². The topological polar surface area (TPSA) is 15.3 Å². The maximum Gasteiger partial charge on any atom is 0.0309 e. The first-order valence-electron chi connectivity index (χ1n) is 8.69. The number of hydrogen-bond acceptors (Lipinski definition) is 2. The van der Waals surface area contributed by atoms with Gasteiger partial charge in [0.15, 0.2) is 0 Å². The lowest BCUT2D eigenvalue weighted by Gasteiger charge is -2.56. The molecular formula is C17H32N2. The molecule has 2 saturated carbocycles. The van der Waals surface area contributed by atoms with Crippen molar-refractivity contribution < 1.29 is 0 Å². The Kier molecular flexibility index (Phi) is 3.92. The van der Waals surface area contributed by atoms with Crippen molar-refractivity contribution >= 4 is 0 Å². The highest BCUT2D eigenvalue weighted by Crippen LogP contribution is 2.40. The van der Waals surface area contributed by atoms with Gasteiger partial charge in [0.05, 0.1) is 0 Å². The molecule has 110 valence electrons. The third-order valence-electron chi connectivity index (χ3n) is 6.35. The summed E-state index contributed by atoms with van der Waals surface area (Å²) < 4.78 is 0. The molecule has 1 N–H and O–H groups in total. The smallest absolute Gasteiger partial charge is 0.0309 e. The number of piperazine rings is 1. The van der Waals surface area contributed by atoms with Crippen LogP contribution in [-0.4, -0.2) is 35.1 Å². The summed E-state index contributed by atoms with van der Waals surface area (Å²) >= 11 is 0. The Hall–Kier alpha value is -0.0800. The zero-order valence-electron chi connectivity index (χ0n) is 13.0. The Labute approximate surface area is 119 Å². The predicted molar refractivity (Wildman–Crippen MR) is 81.5 cm³/mol. The summed E-state index contributed by atoms with van der Waals surface area (Å²) in [7, 11) is 0. The van der Waals surface area contributed by atoms with Gasteiger partial charge in [0.25, 0.3) is 0 Å². The molecule has 1 unspecified atom stereocenters. The highest BCUT2D eigenvalue weighted by molar-refractivity contribution is 5.06. The molecule has 0 amide bonds. The second kappa shape index (κ2) is 5.37. The number of rotatable bonds is 2. The van der Waals surface area contributed by atoms with Gasteiger partial charge in [-0.15, -0.1) is 0 Å². The Morgan fingerprint density at radius 3 is 2.37 bits per heavy atom. The molecule has 1 saturated heterocycles. The number of hydrogen-bond donors (Lipinski definition) is 1. The maximum absolute atomic E-state index is 3.96. The van der Waals surface area contributed by atoms with Crippen molar-refractivity contribution in [3.05, 3.63) is 0 Å². The van der Waals surface area contributed by atoms with E-state index in [1.165, 1.54) is 77.3 Å². The lowest BCUT2D eigenvalue weighted by Crippen LogP contribution is -2.70. The van der Waals surface area contributed by atoms with E-state index >= 15 is 0 Å². The van der Waals surface area contributed by atoms with Crippen molar-refractivity contribution in [2.45, 2.75) is 95.2 Å². The highest BCUT2D eigenvalue weighted by Gasteiger charge is 2.47. The van der Waals surface area contributed by atoms with Crippen LogP contribution in [-0.2, 0) is 0 Å². The first-order valence-corrected chi connectivity index (χ1v) is 8.69. The number of nitrogens with one attached hydrogen (secondary N) is 1. The summed E-state index contributed by atoms with van der Waals surface area (Å²) in [4.78, 5) is 2.94.